The van der Waals surface area contributed by atoms with Gasteiger partial charge in [0.25, 0.3) is 5.92 Å². The highest BCUT2D eigenvalue weighted by Gasteiger charge is 2.28. The molecule has 0 unspecified atom stereocenters. The average Bonchev–Trinajstić information content (AvgIpc) is 2.96. The molecule has 184 valence electrons. The molecule has 4 heteroatoms. The van der Waals surface area contributed by atoms with Crippen LogP contribution in [0.4, 0.5) is 8.78 Å². The highest BCUT2D eigenvalue weighted by Crippen LogP contribution is 2.36. The smallest absolute Gasteiger partial charge is 0.266 e. The van der Waals surface area contributed by atoms with E-state index in [0.29, 0.717) is 6.42 Å². The Morgan fingerprint density at radius 3 is 1.81 bits per heavy atom. The second kappa shape index (κ2) is 15.9. The molecular formula is C28H47F2NO. The summed E-state index contributed by atoms with van der Waals surface area (Å²) < 4.78 is 26.9. The monoisotopic (exact) mass is 451 g/mol. The standard InChI is InChI=1S/C15H24F2.C11H16.CH5N.CH2O/c1-5-13(12(3)15(4,16)17)14-10-8-6-7-9-11(14)2;1-9-5-7-10(8-6-9)11(2,3)4;2*1-2/h5-10H2,1-4H3;5-8H,1-4H3;2H2,1H3;1H2/b13-12+;;;. The number of carbonyl (C=O) groups excluding carboxylic acids is 1. The van der Waals surface area contributed by atoms with Gasteiger partial charge in [0.15, 0.2) is 0 Å². The number of allylic oxidation sites excluding steroid dienone is 4. The second-order valence-corrected chi connectivity index (χ2v) is 9.28. The van der Waals surface area contributed by atoms with Gasteiger partial charge < -0.3 is 10.5 Å². The SMILES string of the molecule is C=O.CC/C(C1=C(C)CCCCC1)=C(/C)C(C)(F)F.CN.Cc1ccc(C(C)(C)C)cc1. The van der Waals surface area contributed by atoms with Crippen molar-refractivity contribution in [1.82, 2.24) is 0 Å². The molecule has 0 aromatic heterocycles. The number of nitrogens with two attached hydrogens (primary N) is 1. The van der Waals surface area contributed by atoms with Gasteiger partial charge in [0.05, 0.1) is 0 Å². The Morgan fingerprint density at radius 1 is 0.938 bits per heavy atom. The van der Waals surface area contributed by atoms with Crippen molar-refractivity contribution in [1.29, 1.82) is 0 Å². The van der Waals surface area contributed by atoms with E-state index >= 15 is 0 Å². The third kappa shape index (κ3) is 11.7. The molecule has 2 rings (SSSR count). The van der Waals surface area contributed by atoms with Gasteiger partial charge in [-0.3, -0.25) is 0 Å². The van der Waals surface area contributed by atoms with Gasteiger partial charge in [-0.05, 0) is 87.6 Å². The van der Waals surface area contributed by atoms with Gasteiger partial charge >= 0.3 is 0 Å². The van der Waals surface area contributed by atoms with Crippen LogP contribution in [0.1, 0.15) is 98.1 Å². The molecule has 2 N–H and O–H groups in total. The molecule has 0 saturated heterocycles. The highest BCUT2D eigenvalue weighted by molar-refractivity contribution is 5.40. The predicted octanol–water partition coefficient (Wildman–Crippen LogP) is 8.33. The molecule has 0 atom stereocenters. The molecule has 0 spiro atoms. The minimum atomic E-state index is -2.69. The Hall–Kier alpha value is -1.81. The van der Waals surface area contributed by atoms with Gasteiger partial charge in [-0.1, -0.05) is 69.5 Å². The third-order valence-corrected chi connectivity index (χ3v) is 5.74. The molecule has 0 amide bonds. The highest BCUT2D eigenvalue weighted by atomic mass is 19.3. The molecule has 0 heterocycles. The first-order valence-corrected chi connectivity index (χ1v) is 11.6. The summed E-state index contributed by atoms with van der Waals surface area (Å²) in [5.41, 5.74) is 11.2. The summed E-state index contributed by atoms with van der Waals surface area (Å²) in [4.78, 5) is 8.00. The summed E-state index contributed by atoms with van der Waals surface area (Å²) in [6.07, 6.45) is 6.32. The molecule has 2 nitrogen and oxygen atoms in total. The van der Waals surface area contributed by atoms with Crippen LogP contribution in [0.15, 0.2) is 46.6 Å². The maximum absolute atomic E-state index is 13.5. The van der Waals surface area contributed by atoms with E-state index in [1.54, 1.807) is 6.92 Å². The van der Waals surface area contributed by atoms with Gasteiger partial charge in [-0.25, -0.2) is 8.78 Å². The molecule has 1 aliphatic rings. The zero-order valence-corrected chi connectivity index (χ0v) is 22.0. The fraction of sp³-hybridized carbons (Fsp3) is 0.607. The van der Waals surface area contributed by atoms with Crippen LogP contribution in [0.25, 0.3) is 0 Å². The van der Waals surface area contributed by atoms with Gasteiger partial charge in [-0.2, -0.15) is 0 Å². The molecular weight excluding hydrogens is 404 g/mol. The number of aryl methyl sites for hydroxylation is 1. The van der Waals surface area contributed by atoms with E-state index in [2.05, 4.69) is 64.6 Å². The maximum atomic E-state index is 13.5. The van der Waals surface area contributed by atoms with Crippen molar-refractivity contribution in [2.75, 3.05) is 7.05 Å². The van der Waals surface area contributed by atoms with Crippen LogP contribution >= 0.6 is 0 Å². The Labute approximate surface area is 196 Å². The molecule has 0 bridgehead atoms. The van der Waals surface area contributed by atoms with Crippen LogP contribution in [0.3, 0.4) is 0 Å². The van der Waals surface area contributed by atoms with Crippen molar-refractivity contribution in [3.8, 4) is 0 Å². The average molecular weight is 452 g/mol. The fourth-order valence-electron chi connectivity index (χ4n) is 3.66. The summed E-state index contributed by atoms with van der Waals surface area (Å²) in [5.74, 6) is -2.69. The third-order valence-electron chi connectivity index (χ3n) is 5.74. The van der Waals surface area contributed by atoms with Crippen molar-refractivity contribution in [2.24, 2.45) is 5.73 Å². The molecule has 32 heavy (non-hydrogen) atoms. The number of benzene rings is 1. The minimum Gasteiger partial charge on any atom is -0.333 e. The van der Waals surface area contributed by atoms with Crippen LogP contribution in [0, 0.1) is 6.92 Å². The zero-order valence-electron chi connectivity index (χ0n) is 22.0. The number of hydrogen-bond acceptors (Lipinski definition) is 2. The lowest BCUT2D eigenvalue weighted by atomic mass is 9.87. The maximum Gasteiger partial charge on any atom is 0.266 e. The van der Waals surface area contributed by atoms with Crippen LogP contribution in [-0.4, -0.2) is 19.8 Å². The number of hydrogen-bond donors (Lipinski definition) is 1. The molecule has 1 aromatic carbocycles. The predicted molar refractivity (Wildman–Crippen MR) is 137 cm³/mol. The first-order chi connectivity index (χ1) is 14.9. The van der Waals surface area contributed by atoms with Gasteiger partial charge in [0.2, 0.25) is 0 Å². The van der Waals surface area contributed by atoms with E-state index in [1.165, 1.54) is 42.2 Å². The van der Waals surface area contributed by atoms with E-state index in [9.17, 15) is 8.78 Å². The van der Waals surface area contributed by atoms with Crippen molar-refractivity contribution in [2.45, 2.75) is 105 Å². The van der Waals surface area contributed by atoms with Gasteiger partial charge in [0.1, 0.15) is 6.79 Å². The molecule has 0 aliphatic heterocycles. The fourth-order valence-corrected chi connectivity index (χ4v) is 3.66. The zero-order chi connectivity index (χ0) is 25.5. The van der Waals surface area contributed by atoms with E-state index in [4.69, 9.17) is 4.79 Å². The van der Waals surface area contributed by atoms with Crippen molar-refractivity contribution >= 4 is 6.79 Å². The number of halogens is 2. The number of alkyl halides is 2. The summed E-state index contributed by atoms with van der Waals surface area (Å²) in [5, 5.41) is 0. The number of carbonyl (C=O) groups is 1. The van der Waals surface area contributed by atoms with Crippen molar-refractivity contribution in [3.63, 3.8) is 0 Å². The summed E-state index contributed by atoms with van der Waals surface area (Å²) in [6, 6.07) is 8.74. The second-order valence-electron chi connectivity index (χ2n) is 9.28. The summed E-state index contributed by atoms with van der Waals surface area (Å²) >= 11 is 0. The Bertz CT molecular complexity index is 704. The summed E-state index contributed by atoms with van der Waals surface area (Å²) in [6.45, 7) is 17.5. The van der Waals surface area contributed by atoms with Crippen LogP contribution < -0.4 is 5.73 Å². The molecule has 0 radical (unpaired) electrons. The normalized spacial score (nSPS) is 15.0. The Balaban J connectivity index is 0. The van der Waals surface area contributed by atoms with Crippen molar-refractivity contribution in [3.05, 3.63) is 57.7 Å². The Morgan fingerprint density at radius 2 is 1.41 bits per heavy atom. The van der Waals surface area contributed by atoms with Gasteiger partial charge in [-0.15, -0.1) is 0 Å². The van der Waals surface area contributed by atoms with Crippen LogP contribution in [0.2, 0.25) is 0 Å². The van der Waals surface area contributed by atoms with Crippen LogP contribution in [-0.2, 0) is 10.2 Å². The minimum absolute atomic E-state index is 0.260. The molecule has 1 aromatic rings. The number of rotatable bonds is 3. The van der Waals surface area contributed by atoms with E-state index in [0.717, 1.165) is 31.8 Å². The molecule has 0 fully saturated rings. The van der Waals surface area contributed by atoms with Crippen LogP contribution in [0.5, 0.6) is 0 Å². The lowest BCUT2D eigenvalue weighted by Gasteiger charge is -2.20. The van der Waals surface area contributed by atoms with E-state index < -0.39 is 5.92 Å². The quantitative estimate of drug-likeness (QED) is 0.502. The van der Waals surface area contributed by atoms with Gasteiger partial charge in [0, 0.05) is 6.92 Å². The van der Waals surface area contributed by atoms with Crippen molar-refractivity contribution < 1.29 is 13.6 Å². The topological polar surface area (TPSA) is 43.1 Å². The lowest BCUT2D eigenvalue weighted by molar-refractivity contribution is -0.0980. The first kappa shape index (κ1) is 32.4. The molecule has 0 saturated carbocycles. The first-order valence-electron chi connectivity index (χ1n) is 11.6. The largest absolute Gasteiger partial charge is 0.333 e. The Kier molecular flexibility index (Phi) is 16.1. The lowest BCUT2D eigenvalue weighted by Crippen LogP contribution is -2.14. The molecule has 1 aliphatic carbocycles. The summed E-state index contributed by atoms with van der Waals surface area (Å²) in [7, 11) is 1.50. The van der Waals surface area contributed by atoms with E-state index in [1.807, 2.05) is 13.7 Å². The van der Waals surface area contributed by atoms with E-state index in [-0.39, 0.29) is 11.0 Å².